The minimum atomic E-state index is 0.208. The summed E-state index contributed by atoms with van der Waals surface area (Å²) >= 11 is 1.87. The van der Waals surface area contributed by atoms with E-state index in [1.165, 1.54) is 49.2 Å². The lowest BCUT2D eigenvalue weighted by atomic mass is 9.90. The molecule has 2 nitrogen and oxygen atoms in total. The second kappa shape index (κ2) is 6.87. The Bertz CT molecular complexity index is 378. The number of nitrogens with zero attached hydrogens (tertiary/aromatic N) is 1. The Balaban J connectivity index is 2.04. The van der Waals surface area contributed by atoms with E-state index < -0.39 is 0 Å². The minimum Gasteiger partial charge on any atom is -0.326 e. The largest absolute Gasteiger partial charge is 0.326 e. The molecule has 2 rings (SSSR count). The first kappa shape index (κ1) is 15.0. The van der Waals surface area contributed by atoms with Crippen molar-refractivity contribution >= 4 is 11.3 Å². The molecule has 108 valence electrons. The lowest BCUT2D eigenvalue weighted by molar-refractivity contribution is 0.117. The molecule has 1 aromatic rings. The summed E-state index contributed by atoms with van der Waals surface area (Å²) in [5, 5.41) is 2.20. The highest BCUT2D eigenvalue weighted by Crippen LogP contribution is 2.34. The zero-order valence-electron chi connectivity index (χ0n) is 12.6. The van der Waals surface area contributed by atoms with E-state index in [9.17, 15) is 0 Å². The van der Waals surface area contributed by atoms with Crippen LogP contribution in [-0.2, 0) is 0 Å². The number of thiophene rings is 1. The number of hydrogen-bond acceptors (Lipinski definition) is 3. The molecule has 1 saturated heterocycles. The van der Waals surface area contributed by atoms with Crippen LogP contribution in [0, 0.1) is 12.8 Å². The van der Waals surface area contributed by atoms with E-state index in [1.54, 1.807) is 0 Å². The summed E-state index contributed by atoms with van der Waals surface area (Å²) in [7, 11) is 0. The van der Waals surface area contributed by atoms with Gasteiger partial charge in [-0.2, -0.15) is 0 Å². The van der Waals surface area contributed by atoms with Crippen LogP contribution in [0.2, 0.25) is 0 Å². The van der Waals surface area contributed by atoms with Crippen molar-refractivity contribution < 1.29 is 0 Å². The van der Waals surface area contributed by atoms with Gasteiger partial charge < -0.3 is 5.73 Å². The molecule has 0 saturated carbocycles. The van der Waals surface area contributed by atoms with Crippen molar-refractivity contribution in [2.45, 2.75) is 58.5 Å². The van der Waals surface area contributed by atoms with Gasteiger partial charge in [0, 0.05) is 10.9 Å². The van der Waals surface area contributed by atoms with Crippen molar-refractivity contribution in [1.82, 2.24) is 4.90 Å². The molecular weight excluding hydrogens is 252 g/mol. The van der Waals surface area contributed by atoms with Crippen LogP contribution in [0.25, 0.3) is 0 Å². The fraction of sp³-hybridized carbons (Fsp3) is 0.750. The molecule has 0 radical (unpaired) electrons. The van der Waals surface area contributed by atoms with Gasteiger partial charge in [0.15, 0.2) is 0 Å². The number of hydrogen-bond donors (Lipinski definition) is 1. The average molecular weight is 280 g/mol. The van der Waals surface area contributed by atoms with Gasteiger partial charge in [-0.3, -0.25) is 4.90 Å². The van der Waals surface area contributed by atoms with Crippen LogP contribution >= 0.6 is 11.3 Å². The van der Waals surface area contributed by atoms with Crippen LogP contribution in [0.5, 0.6) is 0 Å². The Morgan fingerprint density at radius 3 is 2.58 bits per heavy atom. The number of rotatable bonds is 5. The molecule has 2 unspecified atom stereocenters. The van der Waals surface area contributed by atoms with E-state index in [0.29, 0.717) is 6.04 Å². The highest BCUT2D eigenvalue weighted by molar-refractivity contribution is 7.10. The summed E-state index contributed by atoms with van der Waals surface area (Å²) in [6, 6.07) is 2.85. The second-order valence-corrected chi connectivity index (χ2v) is 6.99. The predicted octanol–water partition coefficient (Wildman–Crippen LogP) is 3.96. The number of aryl methyl sites for hydroxylation is 1. The maximum atomic E-state index is 6.29. The summed E-state index contributed by atoms with van der Waals surface area (Å²) in [5.41, 5.74) is 7.69. The Labute approximate surface area is 122 Å². The second-order valence-electron chi connectivity index (χ2n) is 6.04. The monoisotopic (exact) mass is 280 g/mol. The third-order valence-corrected chi connectivity index (χ3v) is 5.50. The maximum Gasteiger partial charge on any atom is 0.0593 e. The highest BCUT2D eigenvalue weighted by atomic mass is 32.1. The number of likely N-dealkylation sites (tertiary alicyclic amines) is 1. The third-order valence-electron chi connectivity index (χ3n) is 4.41. The van der Waals surface area contributed by atoms with Crippen molar-refractivity contribution in [3.05, 3.63) is 21.9 Å². The molecule has 0 amide bonds. The van der Waals surface area contributed by atoms with E-state index in [1.807, 2.05) is 11.3 Å². The third kappa shape index (κ3) is 3.59. The lowest BCUT2D eigenvalue weighted by Crippen LogP contribution is -2.43. The Morgan fingerprint density at radius 1 is 1.42 bits per heavy atom. The van der Waals surface area contributed by atoms with Crippen LogP contribution in [0.15, 0.2) is 11.4 Å². The number of nitrogens with two attached hydrogens (primary N) is 1. The summed E-state index contributed by atoms with van der Waals surface area (Å²) in [5.74, 6) is 0.944. The van der Waals surface area contributed by atoms with E-state index in [2.05, 4.69) is 37.1 Å². The molecule has 2 heterocycles. The van der Waals surface area contributed by atoms with Crippen LogP contribution in [-0.4, -0.2) is 24.0 Å². The van der Waals surface area contributed by atoms with Crippen molar-refractivity contribution in [3.8, 4) is 0 Å². The zero-order valence-corrected chi connectivity index (χ0v) is 13.4. The first-order valence-electron chi connectivity index (χ1n) is 7.67. The molecule has 2 atom stereocenters. The predicted molar refractivity (Wildman–Crippen MR) is 84.7 cm³/mol. The molecule has 1 fully saturated rings. The van der Waals surface area contributed by atoms with E-state index in [-0.39, 0.29) is 6.04 Å². The molecule has 3 heteroatoms. The lowest BCUT2D eigenvalue weighted by Gasteiger charge is -2.39. The van der Waals surface area contributed by atoms with Gasteiger partial charge in [0.05, 0.1) is 6.04 Å². The summed E-state index contributed by atoms with van der Waals surface area (Å²) < 4.78 is 0. The Kier molecular flexibility index (Phi) is 5.43. The Morgan fingerprint density at radius 2 is 2.11 bits per heavy atom. The van der Waals surface area contributed by atoms with Gasteiger partial charge in [0.2, 0.25) is 0 Å². The molecule has 0 spiro atoms. The van der Waals surface area contributed by atoms with E-state index in [4.69, 9.17) is 5.73 Å². The number of piperidine rings is 1. The van der Waals surface area contributed by atoms with Gasteiger partial charge in [-0.05, 0) is 62.7 Å². The standard InChI is InChI=1S/C16H28N2S/c1-4-5-14-6-9-18(10-7-14)15(13(3)17)16-12(2)8-11-19-16/h8,11,13-15H,4-7,9-10,17H2,1-3H3. The smallest absolute Gasteiger partial charge is 0.0593 e. The summed E-state index contributed by atoms with van der Waals surface area (Å²) in [6.07, 6.45) is 5.42. The molecule has 19 heavy (non-hydrogen) atoms. The molecule has 1 aromatic heterocycles. The zero-order chi connectivity index (χ0) is 13.8. The molecule has 0 aromatic carbocycles. The summed E-state index contributed by atoms with van der Waals surface area (Å²) in [4.78, 5) is 4.10. The molecule has 1 aliphatic heterocycles. The normalized spacial score (nSPS) is 21.5. The first-order valence-corrected chi connectivity index (χ1v) is 8.55. The van der Waals surface area contributed by atoms with E-state index >= 15 is 0 Å². The van der Waals surface area contributed by atoms with E-state index in [0.717, 1.165) is 5.92 Å². The van der Waals surface area contributed by atoms with Gasteiger partial charge in [-0.1, -0.05) is 19.8 Å². The van der Waals surface area contributed by atoms with Crippen molar-refractivity contribution in [2.24, 2.45) is 11.7 Å². The summed E-state index contributed by atoms with van der Waals surface area (Å²) in [6.45, 7) is 9.10. The van der Waals surface area contributed by atoms with Crippen molar-refractivity contribution in [3.63, 3.8) is 0 Å². The van der Waals surface area contributed by atoms with Crippen LogP contribution in [0.4, 0.5) is 0 Å². The average Bonchev–Trinajstić information content (AvgIpc) is 2.78. The molecule has 2 N–H and O–H groups in total. The van der Waals surface area contributed by atoms with Gasteiger partial charge >= 0.3 is 0 Å². The minimum absolute atomic E-state index is 0.208. The molecule has 1 aliphatic rings. The molecule has 0 bridgehead atoms. The quantitative estimate of drug-likeness (QED) is 0.884. The molecule has 0 aliphatic carbocycles. The van der Waals surface area contributed by atoms with Gasteiger partial charge in [0.25, 0.3) is 0 Å². The molecular formula is C16H28N2S. The highest BCUT2D eigenvalue weighted by Gasteiger charge is 2.29. The van der Waals surface area contributed by atoms with Gasteiger partial charge in [-0.25, -0.2) is 0 Å². The van der Waals surface area contributed by atoms with Crippen LogP contribution in [0.1, 0.15) is 56.0 Å². The fourth-order valence-electron chi connectivity index (χ4n) is 3.35. The van der Waals surface area contributed by atoms with Crippen LogP contribution in [0.3, 0.4) is 0 Å². The topological polar surface area (TPSA) is 29.3 Å². The van der Waals surface area contributed by atoms with Crippen molar-refractivity contribution in [1.29, 1.82) is 0 Å². The SMILES string of the molecule is CCCC1CCN(C(c2sccc2C)C(C)N)CC1. The maximum absolute atomic E-state index is 6.29. The first-order chi connectivity index (χ1) is 9.13. The van der Waals surface area contributed by atoms with Gasteiger partial charge in [-0.15, -0.1) is 11.3 Å². The van der Waals surface area contributed by atoms with Crippen molar-refractivity contribution in [2.75, 3.05) is 13.1 Å². The Hall–Kier alpha value is -0.380. The van der Waals surface area contributed by atoms with Gasteiger partial charge in [0.1, 0.15) is 0 Å². The fourth-order valence-corrected chi connectivity index (χ4v) is 4.53. The van der Waals surface area contributed by atoms with Crippen LogP contribution < -0.4 is 5.73 Å².